The molecule has 6 aromatic carbocycles. The smallest absolute Gasteiger partial charge is 0.135 e. The molecule has 5 heteroatoms. The molecule has 0 bridgehead atoms. The van der Waals surface area contributed by atoms with Crippen molar-refractivity contribution >= 4 is 65.6 Å². The minimum atomic E-state index is 0.610. The molecule has 9 rings (SSSR count). The summed E-state index contributed by atoms with van der Waals surface area (Å²) in [5.41, 5.74) is 9.29. The predicted octanol–water partition coefficient (Wildman–Crippen LogP) is 9.52. The second-order valence-electron chi connectivity index (χ2n) is 10.9. The van der Waals surface area contributed by atoms with E-state index in [0.717, 1.165) is 76.9 Å². The van der Waals surface area contributed by atoms with Gasteiger partial charge in [-0.25, -0.2) is 0 Å². The fourth-order valence-corrected chi connectivity index (χ4v) is 6.67. The van der Waals surface area contributed by atoms with E-state index in [9.17, 15) is 10.5 Å². The molecule has 0 amide bonds. The Bertz CT molecular complexity index is 2710. The van der Waals surface area contributed by atoms with Crippen molar-refractivity contribution in [3.8, 4) is 23.5 Å². The van der Waals surface area contributed by atoms with E-state index in [0.29, 0.717) is 11.1 Å². The van der Waals surface area contributed by atoms with Gasteiger partial charge in [0.1, 0.15) is 11.2 Å². The summed E-state index contributed by atoms with van der Waals surface area (Å²) >= 11 is 0. The highest BCUT2D eigenvalue weighted by Gasteiger charge is 2.17. The zero-order valence-corrected chi connectivity index (χ0v) is 22.7. The molecular weight excluding hydrogens is 528 g/mol. The van der Waals surface area contributed by atoms with Crippen LogP contribution < -0.4 is 0 Å². The Morgan fingerprint density at radius 1 is 0.419 bits per heavy atom. The Kier molecular flexibility index (Phi) is 4.68. The van der Waals surface area contributed by atoms with Gasteiger partial charge in [0.05, 0.1) is 45.3 Å². The molecule has 0 atom stereocenters. The first-order chi connectivity index (χ1) is 21.2. The van der Waals surface area contributed by atoms with Crippen LogP contribution in [0.5, 0.6) is 0 Å². The SMILES string of the molecule is N#Cc1ccc2oc3ccc(-n4c5ccccc5c5cc(-n6c7ccccc7c7cc(C#N)ccc76)ccc54)cc3c2c1. The summed E-state index contributed by atoms with van der Waals surface area (Å²) in [4.78, 5) is 0. The van der Waals surface area contributed by atoms with Crippen molar-refractivity contribution in [1.82, 2.24) is 9.13 Å². The Labute approximate surface area is 245 Å². The van der Waals surface area contributed by atoms with Gasteiger partial charge in [-0.3, -0.25) is 0 Å². The summed E-state index contributed by atoms with van der Waals surface area (Å²) in [6.45, 7) is 0. The zero-order chi connectivity index (χ0) is 28.7. The summed E-state index contributed by atoms with van der Waals surface area (Å²) in [5.74, 6) is 0. The van der Waals surface area contributed by atoms with E-state index in [-0.39, 0.29) is 0 Å². The lowest BCUT2D eigenvalue weighted by molar-refractivity contribution is 0.669. The summed E-state index contributed by atoms with van der Waals surface area (Å²) in [7, 11) is 0. The lowest BCUT2D eigenvalue weighted by atomic mass is 10.1. The number of rotatable bonds is 2. The Hall–Kier alpha value is -6.30. The molecule has 198 valence electrons. The van der Waals surface area contributed by atoms with Crippen molar-refractivity contribution in [3.05, 3.63) is 132 Å². The molecule has 43 heavy (non-hydrogen) atoms. The maximum Gasteiger partial charge on any atom is 0.135 e. The lowest BCUT2D eigenvalue weighted by Crippen LogP contribution is -1.95. The van der Waals surface area contributed by atoms with Crippen LogP contribution >= 0.6 is 0 Å². The van der Waals surface area contributed by atoms with Crippen LogP contribution in [0.25, 0.3) is 76.9 Å². The average molecular weight is 549 g/mol. The fourth-order valence-electron chi connectivity index (χ4n) is 6.67. The molecule has 9 aromatic rings. The molecule has 0 saturated heterocycles. The maximum absolute atomic E-state index is 9.55. The second-order valence-corrected chi connectivity index (χ2v) is 10.9. The van der Waals surface area contributed by atoms with E-state index in [1.54, 1.807) is 6.07 Å². The average Bonchev–Trinajstić information content (AvgIpc) is 3.71. The Morgan fingerprint density at radius 2 is 0.860 bits per heavy atom. The molecule has 0 unspecified atom stereocenters. The van der Waals surface area contributed by atoms with E-state index in [1.165, 1.54) is 0 Å². The number of fused-ring (bicyclic) bond motifs is 9. The highest BCUT2D eigenvalue weighted by molar-refractivity contribution is 6.13. The van der Waals surface area contributed by atoms with Crippen molar-refractivity contribution in [2.45, 2.75) is 0 Å². The molecule has 0 aliphatic carbocycles. The van der Waals surface area contributed by atoms with Crippen LogP contribution in [0.4, 0.5) is 0 Å². The molecule has 3 heterocycles. The number of benzene rings is 6. The first-order valence-electron chi connectivity index (χ1n) is 14.1. The van der Waals surface area contributed by atoms with E-state index >= 15 is 0 Å². The Balaban J connectivity index is 1.32. The number of hydrogen-bond acceptors (Lipinski definition) is 3. The van der Waals surface area contributed by atoms with Crippen molar-refractivity contribution in [3.63, 3.8) is 0 Å². The van der Waals surface area contributed by atoms with Crippen LogP contribution in [0.3, 0.4) is 0 Å². The third kappa shape index (κ3) is 3.25. The summed E-state index contributed by atoms with van der Waals surface area (Å²) < 4.78 is 10.7. The number of hydrogen-bond donors (Lipinski definition) is 0. The summed E-state index contributed by atoms with van der Waals surface area (Å²) in [6.07, 6.45) is 0. The molecule has 0 aliphatic rings. The summed E-state index contributed by atoms with van der Waals surface area (Å²) in [6, 6.07) is 45.7. The third-order valence-electron chi connectivity index (χ3n) is 8.56. The van der Waals surface area contributed by atoms with Crippen LogP contribution in [-0.4, -0.2) is 9.13 Å². The molecule has 0 spiro atoms. The molecule has 0 saturated carbocycles. The molecule has 0 N–H and O–H groups in total. The van der Waals surface area contributed by atoms with Gasteiger partial charge in [-0.15, -0.1) is 0 Å². The van der Waals surface area contributed by atoms with Crippen LogP contribution in [0, 0.1) is 22.7 Å². The van der Waals surface area contributed by atoms with Gasteiger partial charge in [0, 0.05) is 43.7 Å². The van der Waals surface area contributed by atoms with Crippen molar-refractivity contribution < 1.29 is 4.42 Å². The van der Waals surface area contributed by atoms with Gasteiger partial charge in [-0.05, 0) is 84.9 Å². The molecule has 0 aliphatic heterocycles. The van der Waals surface area contributed by atoms with Crippen LogP contribution in [0.1, 0.15) is 11.1 Å². The largest absolute Gasteiger partial charge is 0.456 e. The van der Waals surface area contributed by atoms with Gasteiger partial charge in [0.2, 0.25) is 0 Å². The fraction of sp³-hybridized carbons (Fsp3) is 0. The molecular formula is C38H20N4O. The normalized spacial score (nSPS) is 11.7. The third-order valence-corrected chi connectivity index (χ3v) is 8.56. The highest BCUT2D eigenvalue weighted by atomic mass is 16.3. The van der Waals surface area contributed by atoms with Gasteiger partial charge < -0.3 is 13.6 Å². The van der Waals surface area contributed by atoms with Gasteiger partial charge in [-0.2, -0.15) is 10.5 Å². The van der Waals surface area contributed by atoms with Crippen LogP contribution in [0.15, 0.2) is 126 Å². The second kappa shape index (κ2) is 8.60. The number of furan rings is 1. The van der Waals surface area contributed by atoms with Gasteiger partial charge in [0.25, 0.3) is 0 Å². The number of nitriles is 2. The highest BCUT2D eigenvalue weighted by Crippen LogP contribution is 2.38. The lowest BCUT2D eigenvalue weighted by Gasteiger charge is -2.10. The molecule has 0 radical (unpaired) electrons. The predicted molar refractivity (Wildman–Crippen MR) is 172 cm³/mol. The first kappa shape index (κ1) is 23.4. The van der Waals surface area contributed by atoms with Gasteiger partial charge >= 0.3 is 0 Å². The standard InChI is InChI=1S/C38H20N4O/c39-21-23-9-13-35-29(17-23)27-5-1-3-7-33(27)41(35)25-11-14-36-30(19-25)28-6-2-4-8-34(28)42(36)26-12-16-38-32(20-26)31-18-24(22-40)10-15-37(31)43-38/h1-20H. The topological polar surface area (TPSA) is 70.6 Å². The number of nitrogens with zero attached hydrogens (tertiary/aromatic N) is 4. The van der Waals surface area contributed by atoms with Crippen molar-refractivity contribution in [1.29, 1.82) is 10.5 Å². The molecule has 3 aromatic heterocycles. The van der Waals surface area contributed by atoms with E-state index in [2.05, 4.69) is 94.1 Å². The first-order valence-corrected chi connectivity index (χ1v) is 14.1. The molecule has 5 nitrogen and oxygen atoms in total. The number of para-hydroxylation sites is 2. The van der Waals surface area contributed by atoms with Crippen LogP contribution in [0.2, 0.25) is 0 Å². The van der Waals surface area contributed by atoms with Gasteiger partial charge in [0.15, 0.2) is 0 Å². The van der Waals surface area contributed by atoms with Crippen molar-refractivity contribution in [2.24, 2.45) is 0 Å². The molecule has 0 fully saturated rings. The Morgan fingerprint density at radius 3 is 1.51 bits per heavy atom. The van der Waals surface area contributed by atoms with Gasteiger partial charge in [-0.1, -0.05) is 36.4 Å². The monoisotopic (exact) mass is 548 g/mol. The minimum Gasteiger partial charge on any atom is -0.456 e. The van der Waals surface area contributed by atoms with Crippen LogP contribution in [-0.2, 0) is 0 Å². The maximum atomic E-state index is 9.55. The van der Waals surface area contributed by atoms with E-state index < -0.39 is 0 Å². The summed E-state index contributed by atoms with van der Waals surface area (Å²) in [5, 5.41) is 25.5. The minimum absolute atomic E-state index is 0.610. The zero-order valence-electron chi connectivity index (χ0n) is 22.7. The van der Waals surface area contributed by atoms with E-state index in [1.807, 2.05) is 42.5 Å². The van der Waals surface area contributed by atoms with Crippen molar-refractivity contribution in [2.75, 3.05) is 0 Å². The number of aromatic nitrogens is 2. The quantitative estimate of drug-likeness (QED) is 0.216. The van der Waals surface area contributed by atoms with E-state index in [4.69, 9.17) is 4.42 Å².